The number of fused-ring (bicyclic) bond motifs is 1. The van der Waals surface area contributed by atoms with Crippen LogP contribution in [0.2, 0.25) is 0 Å². The summed E-state index contributed by atoms with van der Waals surface area (Å²) in [5.74, 6) is 1.12. The fraction of sp³-hybridized carbons (Fsp3) is 0.304. The topological polar surface area (TPSA) is 33.4 Å². The first-order valence-corrected chi connectivity index (χ1v) is 10.9. The van der Waals surface area contributed by atoms with Crippen LogP contribution in [0.15, 0.2) is 72.0 Å². The highest BCUT2D eigenvalue weighted by molar-refractivity contribution is 8.14. The molecule has 0 radical (unpaired) electrons. The summed E-state index contributed by atoms with van der Waals surface area (Å²) in [5.41, 5.74) is 4.83. The third-order valence-corrected chi connectivity index (χ3v) is 6.91. The monoisotopic (exact) mass is 388 g/mol. The normalized spacial score (nSPS) is 23.7. The average molecular weight is 389 g/mol. The predicted octanol–water partition coefficient (Wildman–Crippen LogP) is 5.16. The molecular weight excluding hydrogens is 364 g/mol. The second kappa shape index (κ2) is 7.13. The average Bonchev–Trinajstić information content (AvgIpc) is 3.43. The minimum Gasteiger partial charge on any atom is -0.337 e. The lowest BCUT2D eigenvalue weighted by Crippen LogP contribution is -2.36. The Balaban J connectivity index is 1.65. The lowest BCUT2D eigenvalue weighted by atomic mass is 9.99. The molecule has 1 saturated heterocycles. The van der Waals surface area contributed by atoms with Crippen LogP contribution in [0.4, 0.5) is 0 Å². The number of hydrogen-bond acceptors (Lipinski definition) is 4. The van der Waals surface area contributed by atoms with E-state index in [1.165, 1.54) is 22.1 Å². The Morgan fingerprint density at radius 2 is 1.93 bits per heavy atom. The van der Waals surface area contributed by atoms with Gasteiger partial charge >= 0.3 is 0 Å². The summed E-state index contributed by atoms with van der Waals surface area (Å²) >= 11 is 1.89. The first-order valence-electron chi connectivity index (χ1n) is 9.91. The van der Waals surface area contributed by atoms with E-state index in [2.05, 4.69) is 83.0 Å². The molecule has 3 aromatic rings. The molecule has 4 heterocycles. The lowest BCUT2D eigenvalue weighted by molar-refractivity contribution is 0.249. The number of pyridine rings is 1. The molecule has 5 heteroatoms. The van der Waals surface area contributed by atoms with E-state index in [1.807, 2.05) is 24.0 Å². The molecule has 0 amide bonds. The third kappa shape index (κ3) is 2.76. The fourth-order valence-corrected chi connectivity index (χ4v) is 5.70. The SMILES string of the molecule is CC[C@H]1CSC2=N[C@@H](c3ccccn3)[C@@H](c3cccn3-c3ccccc3C)N21. The first-order chi connectivity index (χ1) is 13.8. The number of para-hydroxylation sites is 1. The van der Waals surface area contributed by atoms with Crippen molar-refractivity contribution in [3.8, 4) is 5.69 Å². The number of thioether (sulfide) groups is 1. The van der Waals surface area contributed by atoms with Gasteiger partial charge in [-0.3, -0.25) is 9.98 Å². The summed E-state index contributed by atoms with van der Waals surface area (Å²) in [6.45, 7) is 4.45. The van der Waals surface area contributed by atoms with Crippen molar-refractivity contribution in [1.82, 2.24) is 14.5 Å². The quantitative estimate of drug-likeness (QED) is 0.619. The van der Waals surface area contributed by atoms with Gasteiger partial charge in [0.2, 0.25) is 0 Å². The molecule has 0 aliphatic carbocycles. The van der Waals surface area contributed by atoms with Gasteiger partial charge in [0, 0.05) is 35.6 Å². The Hall–Kier alpha value is -2.53. The summed E-state index contributed by atoms with van der Waals surface area (Å²) in [4.78, 5) is 12.4. The molecule has 2 aliphatic rings. The van der Waals surface area contributed by atoms with Crippen molar-refractivity contribution < 1.29 is 0 Å². The molecule has 28 heavy (non-hydrogen) atoms. The van der Waals surface area contributed by atoms with Crippen molar-refractivity contribution in [2.75, 3.05) is 5.75 Å². The van der Waals surface area contributed by atoms with Crippen LogP contribution < -0.4 is 0 Å². The zero-order valence-corrected chi connectivity index (χ0v) is 17.0. The molecule has 0 bridgehead atoms. The number of hydrogen-bond donors (Lipinski definition) is 0. The molecule has 0 unspecified atom stereocenters. The van der Waals surface area contributed by atoms with Gasteiger partial charge in [0.25, 0.3) is 0 Å². The zero-order valence-electron chi connectivity index (χ0n) is 16.2. The van der Waals surface area contributed by atoms with E-state index in [9.17, 15) is 0 Å². The Labute approximate surface area is 170 Å². The second-order valence-corrected chi connectivity index (χ2v) is 8.41. The molecule has 2 aromatic heterocycles. The van der Waals surface area contributed by atoms with Crippen molar-refractivity contribution in [3.63, 3.8) is 0 Å². The summed E-state index contributed by atoms with van der Waals surface area (Å²) in [6.07, 6.45) is 5.18. The molecule has 2 aliphatic heterocycles. The predicted molar refractivity (Wildman–Crippen MR) is 116 cm³/mol. The van der Waals surface area contributed by atoms with Gasteiger partial charge in [-0.25, -0.2) is 0 Å². The number of aliphatic imine (C=N–C) groups is 1. The maximum Gasteiger partial charge on any atom is 0.160 e. The molecule has 4 nitrogen and oxygen atoms in total. The van der Waals surface area contributed by atoms with Crippen LogP contribution in [0.25, 0.3) is 5.69 Å². The van der Waals surface area contributed by atoms with E-state index in [0.29, 0.717) is 6.04 Å². The maximum absolute atomic E-state index is 5.14. The summed E-state index contributed by atoms with van der Waals surface area (Å²) < 4.78 is 2.34. The molecular formula is C23H24N4S. The molecule has 1 fully saturated rings. The Morgan fingerprint density at radius 3 is 2.71 bits per heavy atom. The second-order valence-electron chi connectivity index (χ2n) is 7.43. The van der Waals surface area contributed by atoms with Gasteiger partial charge in [-0.2, -0.15) is 0 Å². The maximum atomic E-state index is 5.14. The Bertz CT molecular complexity index is 1010. The van der Waals surface area contributed by atoms with Gasteiger partial charge in [-0.1, -0.05) is 43.0 Å². The Kier molecular flexibility index (Phi) is 4.47. The number of aryl methyl sites for hydroxylation is 1. The minimum atomic E-state index is 0.0238. The van der Waals surface area contributed by atoms with E-state index in [1.54, 1.807) is 0 Å². The summed E-state index contributed by atoms with van der Waals surface area (Å²) in [5, 5.41) is 1.17. The van der Waals surface area contributed by atoms with Crippen LogP contribution in [-0.4, -0.2) is 31.4 Å². The standard InChI is InChI=1S/C23H24N4S/c1-3-17-15-28-23-25-21(18-10-6-7-13-24-18)22(27(17)23)20-12-8-14-26(20)19-11-5-4-9-16(19)2/h4-14,17,21-22H,3,15H2,1-2H3/t17-,21-,22+/m0/s1. The molecule has 0 spiro atoms. The molecule has 5 rings (SSSR count). The van der Waals surface area contributed by atoms with Gasteiger partial charge in [0.15, 0.2) is 5.17 Å². The van der Waals surface area contributed by atoms with Crippen LogP contribution >= 0.6 is 11.8 Å². The van der Waals surface area contributed by atoms with E-state index >= 15 is 0 Å². The number of aromatic nitrogens is 2. The van der Waals surface area contributed by atoms with E-state index in [0.717, 1.165) is 17.9 Å². The number of benzene rings is 1. The minimum absolute atomic E-state index is 0.0238. The third-order valence-electron chi connectivity index (χ3n) is 5.79. The van der Waals surface area contributed by atoms with Crippen molar-refractivity contribution in [2.45, 2.75) is 38.4 Å². The lowest BCUT2D eigenvalue weighted by Gasteiger charge is -2.32. The highest BCUT2D eigenvalue weighted by atomic mass is 32.2. The van der Waals surface area contributed by atoms with Gasteiger partial charge < -0.3 is 9.47 Å². The Morgan fingerprint density at radius 1 is 1.07 bits per heavy atom. The van der Waals surface area contributed by atoms with Gasteiger partial charge in [-0.15, -0.1) is 0 Å². The molecule has 1 aromatic carbocycles. The number of nitrogens with zero attached hydrogens (tertiary/aromatic N) is 4. The van der Waals surface area contributed by atoms with Crippen LogP contribution in [0.1, 0.15) is 42.4 Å². The van der Waals surface area contributed by atoms with Gasteiger partial charge in [0.1, 0.15) is 12.1 Å². The molecule has 142 valence electrons. The zero-order chi connectivity index (χ0) is 19.1. The smallest absolute Gasteiger partial charge is 0.160 e. The number of rotatable bonds is 4. The van der Waals surface area contributed by atoms with Crippen LogP contribution in [-0.2, 0) is 0 Å². The van der Waals surface area contributed by atoms with E-state index < -0.39 is 0 Å². The van der Waals surface area contributed by atoms with Gasteiger partial charge in [-0.05, 0) is 49.2 Å². The van der Waals surface area contributed by atoms with Crippen LogP contribution in [0, 0.1) is 6.92 Å². The van der Waals surface area contributed by atoms with Crippen molar-refractivity contribution in [3.05, 3.63) is 83.9 Å². The van der Waals surface area contributed by atoms with Gasteiger partial charge in [0.05, 0.1) is 5.69 Å². The van der Waals surface area contributed by atoms with E-state index in [-0.39, 0.29) is 12.1 Å². The van der Waals surface area contributed by atoms with Crippen molar-refractivity contribution >= 4 is 16.9 Å². The van der Waals surface area contributed by atoms with Crippen molar-refractivity contribution in [1.29, 1.82) is 0 Å². The highest BCUT2D eigenvalue weighted by Gasteiger charge is 2.46. The largest absolute Gasteiger partial charge is 0.337 e. The first kappa shape index (κ1) is 17.6. The highest BCUT2D eigenvalue weighted by Crippen LogP contribution is 2.48. The molecule has 0 saturated carbocycles. The fourth-order valence-electron chi connectivity index (χ4n) is 4.36. The molecule has 0 N–H and O–H groups in total. The summed E-state index contributed by atoms with van der Waals surface area (Å²) in [7, 11) is 0. The van der Waals surface area contributed by atoms with Crippen molar-refractivity contribution in [2.24, 2.45) is 4.99 Å². The van der Waals surface area contributed by atoms with Crippen LogP contribution in [0.3, 0.4) is 0 Å². The summed E-state index contributed by atoms with van der Waals surface area (Å²) in [6, 6.07) is 19.8. The van der Waals surface area contributed by atoms with Crippen LogP contribution in [0.5, 0.6) is 0 Å². The molecule has 3 atom stereocenters. The number of amidine groups is 1. The van der Waals surface area contributed by atoms with E-state index in [4.69, 9.17) is 4.99 Å².